The number of aliphatic hydroxyl groups excluding tert-OH is 1. The summed E-state index contributed by atoms with van der Waals surface area (Å²) < 4.78 is 5.65. The second-order valence-corrected chi connectivity index (χ2v) is 4.26. The average molecular weight is 222 g/mol. The van der Waals surface area contributed by atoms with Crippen molar-refractivity contribution in [3.8, 4) is 5.75 Å². The first-order valence-electron chi connectivity index (χ1n) is 6.12. The third-order valence-corrected chi connectivity index (χ3v) is 2.45. The van der Waals surface area contributed by atoms with E-state index in [1.54, 1.807) is 6.92 Å². The topological polar surface area (TPSA) is 29.5 Å². The van der Waals surface area contributed by atoms with Gasteiger partial charge in [0.2, 0.25) is 0 Å². The van der Waals surface area contributed by atoms with Gasteiger partial charge in [-0.25, -0.2) is 0 Å². The standard InChI is InChI=1S/C14H22O2/c1-3-4-5-9-16-14-8-6-7-13(11-14)10-12(2)15/h6-8,11-12,15H,3-5,9-10H2,1-2H3. The van der Waals surface area contributed by atoms with Gasteiger partial charge in [-0.15, -0.1) is 0 Å². The van der Waals surface area contributed by atoms with E-state index in [1.165, 1.54) is 12.8 Å². The second kappa shape index (κ2) is 7.29. The number of hydrogen-bond acceptors (Lipinski definition) is 2. The number of benzene rings is 1. The minimum absolute atomic E-state index is 0.296. The highest BCUT2D eigenvalue weighted by molar-refractivity contribution is 5.28. The SMILES string of the molecule is CCCCCOc1cccc(CC(C)O)c1. The Morgan fingerprint density at radius 1 is 1.31 bits per heavy atom. The van der Waals surface area contributed by atoms with Crippen LogP contribution in [-0.4, -0.2) is 17.8 Å². The third kappa shape index (κ3) is 5.17. The van der Waals surface area contributed by atoms with Gasteiger partial charge in [0.15, 0.2) is 0 Å². The van der Waals surface area contributed by atoms with Crippen molar-refractivity contribution in [1.29, 1.82) is 0 Å². The van der Waals surface area contributed by atoms with Crippen molar-refractivity contribution in [3.05, 3.63) is 29.8 Å². The van der Waals surface area contributed by atoms with Gasteiger partial charge in [-0.1, -0.05) is 31.9 Å². The number of hydrogen-bond donors (Lipinski definition) is 1. The smallest absolute Gasteiger partial charge is 0.119 e. The average Bonchev–Trinajstić information content (AvgIpc) is 2.24. The molecule has 0 aromatic heterocycles. The maximum Gasteiger partial charge on any atom is 0.119 e. The van der Waals surface area contributed by atoms with Crippen molar-refractivity contribution in [2.75, 3.05) is 6.61 Å². The van der Waals surface area contributed by atoms with Crippen LogP contribution in [-0.2, 0) is 6.42 Å². The van der Waals surface area contributed by atoms with Crippen molar-refractivity contribution < 1.29 is 9.84 Å². The quantitative estimate of drug-likeness (QED) is 0.718. The molecule has 2 heteroatoms. The van der Waals surface area contributed by atoms with Crippen molar-refractivity contribution in [1.82, 2.24) is 0 Å². The van der Waals surface area contributed by atoms with Crippen LogP contribution in [0, 0.1) is 0 Å². The number of ether oxygens (including phenoxy) is 1. The normalized spacial score (nSPS) is 12.4. The molecule has 0 bridgehead atoms. The number of unbranched alkanes of at least 4 members (excludes halogenated alkanes) is 2. The Balaban J connectivity index is 2.41. The van der Waals surface area contributed by atoms with Crippen LogP contribution in [0.2, 0.25) is 0 Å². The van der Waals surface area contributed by atoms with Crippen molar-refractivity contribution in [2.45, 2.75) is 45.6 Å². The van der Waals surface area contributed by atoms with Gasteiger partial charge in [0.25, 0.3) is 0 Å². The summed E-state index contributed by atoms with van der Waals surface area (Å²) >= 11 is 0. The lowest BCUT2D eigenvalue weighted by molar-refractivity contribution is 0.195. The third-order valence-electron chi connectivity index (χ3n) is 2.45. The van der Waals surface area contributed by atoms with E-state index < -0.39 is 0 Å². The molecule has 0 heterocycles. The molecule has 1 aromatic carbocycles. The molecule has 2 nitrogen and oxygen atoms in total. The minimum atomic E-state index is -0.296. The van der Waals surface area contributed by atoms with Gasteiger partial charge in [0.1, 0.15) is 5.75 Å². The van der Waals surface area contributed by atoms with Gasteiger partial charge in [-0.2, -0.15) is 0 Å². The first kappa shape index (κ1) is 13.0. The zero-order valence-corrected chi connectivity index (χ0v) is 10.3. The highest BCUT2D eigenvalue weighted by atomic mass is 16.5. The predicted octanol–water partition coefficient (Wildman–Crippen LogP) is 3.18. The van der Waals surface area contributed by atoms with Crippen LogP contribution in [0.25, 0.3) is 0 Å². The summed E-state index contributed by atoms with van der Waals surface area (Å²) in [7, 11) is 0. The van der Waals surface area contributed by atoms with E-state index in [0.29, 0.717) is 6.42 Å². The lowest BCUT2D eigenvalue weighted by atomic mass is 10.1. The van der Waals surface area contributed by atoms with E-state index in [0.717, 1.165) is 24.3 Å². The van der Waals surface area contributed by atoms with Gasteiger partial charge in [0.05, 0.1) is 12.7 Å². The van der Waals surface area contributed by atoms with E-state index in [2.05, 4.69) is 6.92 Å². The molecular weight excluding hydrogens is 200 g/mol. The maximum atomic E-state index is 9.30. The number of rotatable bonds is 7. The van der Waals surface area contributed by atoms with Crippen LogP contribution in [0.1, 0.15) is 38.7 Å². The van der Waals surface area contributed by atoms with Crippen molar-refractivity contribution in [2.24, 2.45) is 0 Å². The van der Waals surface area contributed by atoms with E-state index in [4.69, 9.17) is 4.74 Å². The zero-order chi connectivity index (χ0) is 11.8. The Morgan fingerprint density at radius 3 is 2.81 bits per heavy atom. The zero-order valence-electron chi connectivity index (χ0n) is 10.3. The molecule has 0 saturated carbocycles. The molecule has 16 heavy (non-hydrogen) atoms. The van der Waals surface area contributed by atoms with Crippen LogP contribution >= 0.6 is 0 Å². The highest BCUT2D eigenvalue weighted by Crippen LogP contribution is 2.15. The Bertz CT molecular complexity index is 295. The Labute approximate surface area is 98.3 Å². The van der Waals surface area contributed by atoms with E-state index >= 15 is 0 Å². The lowest BCUT2D eigenvalue weighted by Crippen LogP contribution is -2.04. The Kier molecular flexibility index (Phi) is 5.94. The molecule has 1 N–H and O–H groups in total. The number of aliphatic hydroxyl groups is 1. The minimum Gasteiger partial charge on any atom is -0.494 e. The van der Waals surface area contributed by atoms with Crippen LogP contribution in [0.5, 0.6) is 5.75 Å². The lowest BCUT2D eigenvalue weighted by Gasteiger charge is -2.08. The van der Waals surface area contributed by atoms with Gasteiger partial charge in [-0.3, -0.25) is 0 Å². The molecule has 0 saturated heterocycles. The fourth-order valence-corrected chi connectivity index (χ4v) is 1.65. The molecule has 0 aliphatic carbocycles. The summed E-state index contributed by atoms with van der Waals surface area (Å²) in [6, 6.07) is 7.98. The molecule has 1 aromatic rings. The highest BCUT2D eigenvalue weighted by Gasteiger charge is 2.00. The molecule has 0 amide bonds. The van der Waals surface area contributed by atoms with Gasteiger partial charge < -0.3 is 9.84 Å². The van der Waals surface area contributed by atoms with Crippen molar-refractivity contribution >= 4 is 0 Å². The van der Waals surface area contributed by atoms with Gasteiger partial charge in [-0.05, 0) is 37.5 Å². The first-order valence-corrected chi connectivity index (χ1v) is 6.12. The summed E-state index contributed by atoms with van der Waals surface area (Å²) in [6.45, 7) is 4.77. The van der Waals surface area contributed by atoms with Crippen LogP contribution in [0.4, 0.5) is 0 Å². The summed E-state index contributed by atoms with van der Waals surface area (Å²) in [5.41, 5.74) is 1.13. The Hall–Kier alpha value is -1.02. The predicted molar refractivity (Wildman–Crippen MR) is 66.8 cm³/mol. The molecule has 1 rings (SSSR count). The van der Waals surface area contributed by atoms with Crippen molar-refractivity contribution in [3.63, 3.8) is 0 Å². The van der Waals surface area contributed by atoms with E-state index in [1.807, 2.05) is 24.3 Å². The molecule has 0 aliphatic heterocycles. The summed E-state index contributed by atoms with van der Waals surface area (Å²) in [6.07, 6.45) is 3.93. The first-order chi connectivity index (χ1) is 7.72. The molecule has 1 unspecified atom stereocenters. The molecular formula is C14H22O2. The van der Waals surface area contributed by atoms with Crippen LogP contribution in [0.3, 0.4) is 0 Å². The summed E-state index contributed by atoms with van der Waals surface area (Å²) in [5.74, 6) is 0.911. The van der Waals surface area contributed by atoms with E-state index in [-0.39, 0.29) is 6.10 Å². The Morgan fingerprint density at radius 2 is 2.12 bits per heavy atom. The fourth-order valence-electron chi connectivity index (χ4n) is 1.65. The van der Waals surface area contributed by atoms with Gasteiger partial charge >= 0.3 is 0 Å². The summed E-state index contributed by atoms with van der Waals surface area (Å²) in [5, 5.41) is 9.30. The second-order valence-electron chi connectivity index (χ2n) is 4.26. The largest absolute Gasteiger partial charge is 0.494 e. The molecule has 0 fully saturated rings. The molecule has 0 aliphatic rings. The molecule has 0 spiro atoms. The monoisotopic (exact) mass is 222 g/mol. The fraction of sp³-hybridized carbons (Fsp3) is 0.571. The van der Waals surface area contributed by atoms with Crippen LogP contribution in [0.15, 0.2) is 24.3 Å². The summed E-state index contributed by atoms with van der Waals surface area (Å²) in [4.78, 5) is 0. The van der Waals surface area contributed by atoms with E-state index in [9.17, 15) is 5.11 Å². The molecule has 0 radical (unpaired) electrons. The molecule has 1 atom stereocenters. The maximum absolute atomic E-state index is 9.30. The van der Waals surface area contributed by atoms with Gasteiger partial charge in [0, 0.05) is 0 Å². The molecule has 90 valence electrons. The van der Waals surface area contributed by atoms with Crippen LogP contribution < -0.4 is 4.74 Å².